The smallest absolute Gasteiger partial charge is 0.251 e. The summed E-state index contributed by atoms with van der Waals surface area (Å²) in [6.07, 6.45) is 3.71. The van der Waals surface area contributed by atoms with E-state index < -0.39 is 9.84 Å². The molecule has 10 nitrogen and oxygen atoms in total. The van der Waals surface area contributed by atoms with Gasteiger partial charge in [-0.05, 0) is 66.8 Å². The number of amides is 1. The summed E-state index contributed by atoms with van der Waals surface area (Å²) in [5.74, 6) is 1.23. The Morgan fingerprint density at radius 1 is 1.12 bits per heavy atom. The number of benzene rings is 1. The molecule has 0 unspecified atom stereocenters. The van der Waals surface area contributed by atoms with Crippen molar-refractivity contribution in [1.82, 2.24) is 20.3 Å². The molecule has 6 rings (SSSR count). The number of anilines is 2. The molecule has 0 saturated heterocycles. The number of nitrogens with zero attached hydrogens (tertiary/aromatic N) is 4. The zero-order valence-electron chi connectivity index (χ0n) is 23.0. The lowest BCUT2D eigenvalue weighted by atomic mass is 10.0. The molecule has 2 aliphatic heterocycles. The fourth-order valence-corrected chi connectivity index (χ4v) is 6.68. The van der Waals surface area contributed by atoms with Crippen LogP contribution in [-0.4, -0.2) is 55.3 Å². The zero-order valence-corrected chi connectivity index (χ0v) is 23.8. The fourth-order valence-electron chi connectivity index (χ4n) is 5.29. The summed E-state index contributed by atoms with van der Waals surface area (Å²) in [6.45, 7) is 3.84. The largest absolute Gasteiger partial charge is 0.378 e. The molecule has 0 bridgehead atoms. The van der Waals surface area contributed by atoms with Gasteiger partial charge in [-0.2, -0.15) is 0 Å². The van der Waals surface area contributed by atoms with Gasteiger partial charge in [0.15, 0.2) is 9.84 Å². The Kier molecular flexibility index (Phi) is 7.41. The van der Waals surface area contributed by atoms with Crippen molar-refractivity contribution >= 4 is 38.3 Å². The Hall–Kier alpha value is -3.93. The minimum Gasteiger partial charge on any atom is -0.378 e. The monoisotopic (exact) mass is 573 g/mol. The van der Waals surface area contributed by atoms with Crippen molar-refractivity contribution in [3.63, 3.8) is 0 Å². The minimum atomic E-state index is -3.51. The summed E-state index contributed by atoms with van der Waals surface area (Å²) in [6, 6.07) is 12.7. The lowest BCUT2D eigenvalue weighted by Gasteiger charge is -2.30. The fraction of sp³-hybridized carbons (Fsp3) is 0.333. The van der Waals surface area contributed by atoms with Crippen LogP contribution in [-0.2, 0) is 45.5 Å². The molecule has 1 amide bonds. The van der Waals surface area contributed by atoms with Crippen LogP contribution in [0.25, 0.3) is 10.9 Å². The van der Waals surface area contributed by atoms with Crippen LogP contribution < -0.4 is 10.2 Å². The van der Waals surface area contributed by atoms with E-state index in [1.54, 1.807) is 25.4 Å². The topological polar surface area (TPSA) is 124 Å². The summed E-state index contributed by atoms with van der Waals surface area (Å²) < 4.78 is 35.9. The molecule has 2 aliphatic rings. The Bertz CT molecular complexity index is 1760. The van der Waals surface area contributed by atoms with Crippen LogP contribution >= 0.6 is 0 Å². The van der Waals surface area contributed by atoms with Gasteiger partial charge >= 0.3 is 0 Å². The number of nitrogens with one attached hydrogen (secondary N) is 1. The zero-order chi connectivity index (χ0) is 28.6. The maximum atomic E-state index is 12.9. The van der Waals surface area contributed by atoms with Crippen molar-refractivity contribution < 1.29 is 22.7 Å². The highest BCUT2D eigenvalue weighted by atomic mass is 32.2. The number of hydrogen-bond donors (Lipinski definition) is 1. The van der Waals surface area contributed by atoms with Gasteiger partial charge in [-0.15, -0.1) is 0 Å². The van der Waals surface area contributed by atoms with E-state index in [4.69, 9.17) is 19.4 Å². The van der Waals surface area contributed by atoms with Gasteiger partial charge in [0.1, 0.15) is 11.6 Å². The van der Waals surface area contributed by atoms with Gasteiger partial charge in [0.05, 0.1) is 53.9 Å². The molecular formula is C30H31N5O5S. The highest BCUT2D eigenvalue weighted by molar-refractivity contribution is 7.91. The van der Waals surface area contributed by atoms with E-state index >= 15 is 0 Å². The number of carbonyl (C=O) groups is 1. The summed E-state index contributed by atoms with van der Waals surface area (Å²) in [4.78, 5) is 29.6. The van der Waals surface area contributed by atoms with Crippen LogP contribution in [0.1, 0.15) is 44.9 Å². The number of pyridine rings is 3. The van der Waals surface area contributed by atoms with Crippen LogP contribution in [0.4, 0.5) is 11.6 Å². The molecule has 0 atom stereocenters. The number of rotatable bonds is 6. The normalized spacial score (nSPS) is 16.1. The summed E-state index contributed by atoms with van der Waals surface area (Å²) in [7, 11) is -1.83. The SMILES string of the molecule is COCc1nc2c(cc1C)CCCN2c1ccc2cnc(CNC(=O)c3ccc4c(c3)S(=O)(=O)CCOC4)cc2n1. The van der Waals surface area contributed by atoms with E-state index in [1.165, 1.54) is 11.6 Å². The highest BCUT2D eigenvalue weighted by Gasteiger charge is 2.25. The second-order valence-corrected chi connectivity index (χ2v) is 12.4. The standard InChI is InChI=1S/C30H31N5O5S/c1-19-12-20-4-3-9-35(29(20)34-26(19)18-39-2)28-8-7-22-15-31-24(14-25(22)33-28)16-32-30(36)21-5-6-23-17-40-10-11-41(37,38)27(23)13-21/h5-8,12-15H,3-4,9-11,16-18H2,1-2H3,(H,32,36). The first-order chi connectivity index (χ1) is 19.8. The van der Waals surface area contributed by atoms with Gasteiger partial charge in [0.25, 0.3) is 5.91 Å². The van der Waals surface area contributed by atoms with Crippen molar-refractivity contribution in [3.8, 4) is 0 Å². The van der Waals surface area contributed by atoms with Crippen LogP contribution in [0.15, 0.2) is 53.6 Å². The molecular weight excluding hydrogens is 542 g/mol. The summed E-state index contributed by atoms with van der Waals surface area (Å²) >= 11 is 0. The number of hydrogen-bond acceptors (Lipinski definition) is 9. The van der Waals surface area contributed by atoms with Crippen molar-refractivity contribution in [3.05, 3.63) is 82.3 Å². The lowest BCUT2D eigenvalue weighted by molar-refractivity contribution is 0.0950. The van der Waals surface area contributed by atoms with Crippen molar-refractivity contribution in [2.24, 2.45) is 0 Å². The molecule has 0 fully saturated rings. The predicted octanol–water partition coefficient (Wildman–Crippen LogP) is 3.80. The van der Waals surface area contributed by atoms with Gasteiger partial charge < -0.3 is 19.7 Å². The number of carbonyl (C=O) groups excluding carboxylic acids is 1. The van der Waals surface area contributed by atoms with Gasteiger partial charge in [-0.1, -0.05) is 12.1 Å². The third kappa shape index (κ3) is 5.52. The van der Waals surface area contributed by atoms with E-state index in [-0.39, 0.29) is 41.9 Å². The van der Waals surface area contributed by atoms with E-state index in [0.717, 1.165) is 53.2 Å². The lowest BCUT2D eigenvalue weighted by Crippen LogP contribution is -2.27. The molecule has 0 aliphatic carbocycles. The first-order valence-electron chi connectivity index (χ1n) is 13.6. The number of sulfone groups is 1. The molecule has 1 N–H and O–H groups in total. The third-order valence-electron chi connectivity index (χ3n) is 7.48. The minimum absolute atomic E-state index is 0.103. The third-order valence-corrected chi connectivity index (χ3v) is 9.23. The average Bonchev–Trinajstić information content (AvgIpc) is 3.12. The molecule has 4 aromatic rings. The molecule has 3 aromatic heterocycles. The molecule has 1 aromatic carbocycles. The van der Waals surface area contributed by atoms with Crippen LogP contribution in [0, 0.1) is 6.92 Å². The van der Waals surface area contributed by atoms with Gasteiger partial charge in [-0.25, -0.2) is 18.4 Å². The quantitative estimate of drug-likeness (QED) is 0.367. The van der Waals surface area contributed by atoms with Gasteiger partial charge in [0, 0.05) is 30.8 Å². The molecule has 212 valence electrons. The summed E-state index contributed by atoms with van der Waals surface area (Å²) in [5.41, 5.74) is 5.48. The molecule has 41 heavy (non-hydrogen) atoms. The van der Waals surface area contributed by atoms with Crippen LogP contribution in [0.2, 0.25) is 0 Å². The molecule has 0 radical (unpaired) electrons. The van der Waals surface area contributed by atoms with E-state index in [2.05, 4.69) is 28.2 Å². The maximum Gasteiger partial charge on any atom is 0.251 e. The summed E-state index contributed by atoms with van der Waals surface area (Å²) in [5, 5.41) is 3.74. The second-order valence-electron chi connectivity index (χ2n) is 10.3. The first-order valence-corrected chi connectivity index (χ1v) is 15.2. The van der Waals surface area contributed by atoms with Gasteiger partial charge in [-0.3, -0.25) is 9.78 Å². The highest BCUT2D eigenvalue weighted by Crippen LogP contribution is 2.33. The second kappa shape index (κ2) is 11.2. The van der Waals surface area contributed by atoms with Crippen molar-refractivity contribution in [1.29, 1.82) is 0 Å². The van der Waals surface area contributed by atoms with Gasteiger partial charge in [0.2, 0.25) is 0 Å². The molecule has 0 spiro atoms. The predicted molar refractivity (Wildman–Crippen MR) is 154 cm³/mol. The number of methoxy groups -OCH3 is 1. The first kappa shape index (κ1) is 27.3. The Labute approximate surface area is 238 Å². The van der Waals surface area contributed by atoms with Crippen LogP contribution in [0.3, 0.4) is 0 Å². The number of ether oxygens (including phenoxy) is 2. The number of fused-ring (bicyclic) bond motifs is 3. The van der Waals surface area contributed by atoms with E-state index in [0.29, 0.717) is 17.9 Å². The number of aromatic nitrogens is 3. The van der Waals surface area contributed by atoms with E-state index in [1.807, 2.05) is 18.2 Å². The van der Waals surface area contributed by atoms with Crippen LogP contribution in [0.5, 0.6) is 0 Å². The Morgan fingerprint density at radius 2 is 2.00 bits per heavy atom. The molecule has 11 heteroatoms. The Balaban J connectivity index is 1.23. The average molecular weight is 574 g/mol. The molecule has 5 heterocycles. The maximum absolute atomic E-state index is 12.9. The van der Waals surface area contributed by atoms with E-state index in [9.17, 15) is 13.2 Å². The number of aryl methyl sites for hydroxylation is 2. The molecule has 0 saturated carbocycles. The van der Waals surface area contributed by atoms with Crippen molar-refractivity contribution in [2.45, 2.75) is 44.4 Å². The van der Waals surface area contributed by atoms with Crippen molar-refractivity contribution in [2.75, 3.05) is 30.9 Å². The Morgan fingerprint density at radius 3 is 2.85 bits per heavy atom.